The van der Waals surface area contributed by atoms with E-state index in [0.717, 1.165) is 24.6 Å². The predicted octanol–water partition coefficient (Wildman–Crippen LogP) is 4.94. The highest BCUT2D eigenvalue weighted by Gasteiger charge is 2.24. The summed E-state index contributed by atoms with van der Waals surface area (Å²) < 4.78 is 0. The van der Waals surface area contributed by atoms with Gasteiger partial charge < -0.3 is 4.90 Å². The van der Waals surface area contributed by atoms with E-state index in [9.17, 15) is 0 Å². The van der Waals surface area contributed by atoms with E-state index >= 15 is 0 Å². The summed E-state index contributed by atoms with van der Waals surface area (Å²) >= 11 is 0. The molecular weight excluding hydrogens is 318 g/mol. The van der Waals surface area contributed by atoms with Crippen LogP contribution in [0.25, 0.3) is 0 Å². The Labute approximate surface area is 155 Å². The van der Waals surface area contributed by atoms with Gasteiger partial charge in [0.15, 0.2) is 0 Å². The Morgan fingerprint density at radius 3 is 2.12 bits per heavy atom. The molecule has 26 heavy (non-hydrogen) atoms. The van der Waals surface area contributed by atoms with E-state index < -0.39 is 0 Å². The highest BCUT2D eigenvalue weighted by Crippen LogP contribution is 2.34. The van der Waals surface area contributed by atoms with Gasteiger partial charge in [0, 0.05) is 29.4 Å². The molecule has 0 amide bonds. The topological polar surface area (TPSA) is 29.0 Å². The molecule has 0 radical (unpaired) electrons. The molecule has 0 atom stereocenters. The summed E-state index contributed by atoms with van der Waals surface area (Å²) in [5.74, 6) is 0.848. The Kier molecular flexibility index (Phi) is 4.03. The van der Waals surface area contributed by atoms with Crippen LogP contribution in [0.15, 0.2) is 54.7 Å². The number of benzene rings is 2. The van der Waals surface area contributed by atoms with Crippen LogP contribution in [0.4, 0.5) is 5.69 Å². The van der Waals surface area contributed by atoms with Gasteiger partial charge in [-0.1, -0.05) is 55.8 Å². The first-order valence-corrected chi connectivity index (χ1v) is 9.17. The minimum atomic E-state index is -0.0111. The first-order valence-electron chi connectivity index (χ1n) is 9.17. The number of aryl methyl sites for hydroxylation is 2. The van der Waals surface area contributed by atoms with Gasteiger partial charge in [-0.3, -0.25) is 0 Å². The zero-order chi connectivity index (χ0) is 18.3. The Hall–Kier alpha value is -2.68. The minimum absolute atomic E-state index is 0.0111. The molecule has 0 saturated heterocycles. The standard InChI is InChI=1S/C23H25N3/c1-16-5-7-19(8-6-16)23(3,4)20-9-11-21(12-10-20)26-14-18-13-24-17(2)25-22(18)15-26/h5-13H,14-15H2,1-4H3. The van der Waals surface area contributed by atoms with E-state index in [0.29, 0.717) is 0 Å². The van der Waals surface area contributed by atoms with Crippen molar-refractivity contribution >= 4 is 5.69 Å². The molecule has 4 rings (SSSR count). The van der Waals surface area contributed by atoms with E-state index in [4.69, 9.17) is 0 Å². The van der Waals surface area contributed by atoms with Crippen molar-refractivity contribution in [2.24, 2.45) is 0 Å². The van der Waals surface area contributed by atoms with Crippen LogP contribution in [-0.2, 0) is 18.5 Å². The zero-order valence-electron chi connectivity index (χ0n) is 16.0. The Morgan fingerprint density at radius 1 is 0.846 bits per heavy atom. The van der Waals surface area contributed by atoms with Gasteiger partial charge in [-0.2, -0.15) is 0 Å². The first-order chi connectivity index (χ1) is 12.4. The maximum Gasteiger partial charge on any atom is 0.125 e. The van der Waals surface area contributed by atoms with Crippen LogP contribution in [0.5, 0.6) is 0 Å². The van der Waals surface area contributed by atoms with Crippen molar-refractivity contribution in [3.63, 3.8) is 0 Å². The number of aromatic nitrogens is 2. The third kappa shape index (κ3) is 2.98. The van der Waals surface area contributed by atoms with E-state index in [1.165, 1.54) is 27.9 Å². The van der Waals surface area contributed by atoms with Crippen molar-refractivity contribution in [3.8, 4) is 0 Å². The maximum atomic E-state index is 4.58. The molecule has 1 aromatic heterocycles. The van der Waals surface area contributed by atoms with Gasteiger partial charge in [0.25, 0.3) is 0 Å². The molecule has 0 aliphatic carbocycles. The average molecular weight is 343 g/mol. The number of rotatable bonds is 3. The second-order valence-corrected chi connectivity index (χ2v) is 7.78. The van der Waals surface area contributed by atoms with Gasteiger partial charge in [0.1, 0.15) is 5.82 Å². The Morgan fingerprint density at radius 2 is 1.46 bits per heavy atom. The first kappa shape index (κ1) is 16.8. The fourth-order valence-corrected chi connectivity index (χ4v) is 3.66. The SMILES string of the molecule is Cc1ccc(C(C)(C)c2ccc(N3Cc4cnc(C)nc4C3)cc2)cc1. The van der Waals surface area contributed by atoms with Crippen molar-refractivity contribution in [2.45, 2.75) is 46.2 Å². The van der Waals surface area contributed by atoms with Crippen LogP contribution in [-0.4, -0.2) is 9.97 Å². The lowest BCUT2D eigenvalue weighted by atomic mass is 9.78. The van der Waals surface area contributed by atoms with Crippen molar-refractivity contribution in [3.05, 3.63) is 88.5 Å². The molecule has 0 fully saturated rings. The average Bonchev–Trinajstić information content (AvgIpc) is 3.05. The normalized spacial score (nSPS) is 13.8. The maximum absolute atomic E-state index is 4.58. The Bertz CT molecular complexity index is 925. The van der Waals surface area contributed by atoms with Crippen molar-refractivity contribution in [2.75, 3.05) is 4.90 Å². The molecule has 0 N–H and O–H groups in total. The quantitative estimate of drug-likeness (QED) is 0.674. The van der Waals surface area contributed by atoms with Crippen LogP contribution in [0, 0.1) is 13.8 Å². The molecule has 2 aromatic carbocycles. The van der Waals surface area contributed by atoms with Gasteiger partial charge in [-0.15, -0.1) is 0 Å². The summed E-state index contributed by atoms with van der Waals surface area (Å²) in [6, 6.07) is 17.8. The molecule has 3 heteroatoms. The van der Waals surface area contributed by atoms with Crippen LogP contribution in [0.1, 0.15) is 47.6 Å². The number of anilines is 1. The number of nitrogens with zero attached hydrogens (tertiary/aromatic N) is 3. The number of fused-ring (bicyclic) bond motifs is 1. The highest BCUT2D eigenvalue weighted by atomic mass is 15.2. The molecule has 0 spiro atoms. The predicted molar refractivity (Wildman–Crippen MR) is 106 cm³/mol. The van der Waals surface area contributed by atoms with Gasteiger partial charge in [0.2, 0.25) is 0 Å². The summed E-state index contributed by atoms with van der Waals surface area (Å²) in [6.45, 7) is 10.4. The summed E-state index contributed by atoms with van der Waals surface area (Å²) in [5, 5.41) is 0. The van der Waals surface area contributed by atoms with E-state index in [1.807, 2.05) is 13.1 Å². The van der Waals surface area contributed by atoms with E-state index in [1.54, 1.807) is 0 Å². The zero-order valence-corrected chi connectivity index (χ0v) is 16.0. The van der Waals surface area contributed by atoms with Gasteiger partial charge in [-0.05, 0) is 37.1 Å². The smallest absolute Gasteiger partial charge is 0.125 e. The number of hydrogen-bond acceptors (Lipinski definition) is 3. The molecule has 3 nitrogen and oxygen atoms in total. The second-order valence-electron chi connectivity index (χ2n) is 7.78. The van der Waals surface area contributed by atoms with Crippen molar-refractivity contribution < 1.29 is 0 Å². The fraction of sp³-hybridized carbons (Fsp3) is 0.304. The summed E-state index contributed by atoms with van der Waals surface area (Å²) in [7, 11) is 0. The van der Waals surface area contributed by atoms with Crippen LogP contribution in [0.3, 0.4) is 0 Å². The van der Waals surface area contributed by atoms with Gasteiger partial charge >= 0.3 is 0 Å². The summed E-state index contributed by atoms with van der Waals surface area (Å²) in [4.78, 5) is 11.3. The summed E-state index contributed by atoms with van der Waals surface area (Å²) in [6.07, 6.45) is 1.96. The lowest BCUT2D eigenvalue weighted by Crippen LogP contribution is -2.19. The van der Waals surface area contributed by atoms with Crippen LogP contribution in [0.2, 0.25) is 0 Å². The Balaban J connectivity index is 1.57. The molecule has 0 bridgehead atoms. The van der Waals surface area contributed by atoms with Gasteiger partial charge in [0.05, 0.1) is 12.2 Å². The molecule has 3 aromatic rings. The lowest BCUT2D eigenvalue weighted by molar-refractivity contribution is 0.640. The number of hydrogen-bond donors (Lipinski definition) is 0. The third-order valence-corrected chi connectivity index (χ3v) is 5.50. The molecule has 1 aliphatic rings. The van der Waals surface area contributed by atoms with Gasteiger partial charge in [-0.25, -0.2) is 9.97 Å². The van der Waals surface area contributed by atoms with Crippen LogP contribution < -0.4 is 4.90 Å². The summed E-state index contributed by atoms with van der Waals surface area (Å²) in [5.41, 5.74) is 7.59. The molecule has 1 aliphatic heterocycles. The monoisotopic (exact) mass is 343 g/mol. The largest absolute Gasteiger partial charge is 0.361 e. The van der Waals surface area contributed by atoms with Crippen LogP contribution >= 0.6 is 0 Å². The fourth-order valence-electron chi connectivity index (χ4n) is 3.66. The van der Waals surface area contributed by atoms with E-state index in [2.05, 4.69) is 84.2 Å². The molecule has 2 heterocycles. The lowest BCUT2D eigenvalue weighted by Gasteiger charge is -2.27. The minimum Gasteiger partial charge on any atom is -0.361 e. The molecular formula is C23H25N3. The highest BCUT2D eigenvalue weighted by molar-refractivity contribution is 5.53. The molecule has 132 valence electrons. The van der Waals surface area contributed by atoms with E-state index in [-0.39, 0.29) is 5.41 Å². The molecule has 0 unspecified atom stereocenters. The molecule has 0 saturated carbocycles. The van der Waals surface area contributed by atoms with Crippen molar-refractivity contribution in [1.82, 2.24) is 9.97 Å². The third-order valence-electron chi connectivity index (χ3n) is 5.50. The second kappa shape index (κ2) is 6.24. The van der Waals surface area contributed by atoms with Crippen molar-refractivity contribution in [1.29, 1.82) is 0 Å².